The minimum Gasteiger partial charge on any atom is -0.502 e. The summed E-state index contributed by atoms with van der Waals surface area (Å²) < 4.78 is 32.2. The van der Waals surface area contributed by atoms with Gasteiger partial charge in [-0.2, -0.15) is 0 Å². The van der Waals surface area contributed by atoms with Crippen LogP contribution in [0.4, 0.5) is 0 Å². The zero-order valence-corrected chi connectivity index (χ0v) is 26.2. The summed E-state index contributed by atoms with van der Waals surface area (Å²) in [4.78, 5) is 28.1. The lowest BCUT2D eigenvalue weighted by atomic mass is 9.79. The summed E-state index contributed by atoms with van der Waals surface area (Å²) in [6, 6.07) is 6.40. The molecule has 12 nitrogen and oxygen atoms in total. The molecule has 12 heteroatoms. The second kappa shape index (κ2) is 14.7. The molecule has 0 aliphatic heterocycles. The Balaban J connectivity index is 1.72. The van der Waals surface area contributed by atoms with E-state index in [1.165, 1.54) is 28.4 Å². The van der Waals surface area contributed by atoms with Crippen LogP contribution in [0.3, 0.4) is 0 Å². The van der Waals surface area contributed by atoms with E-state index in [-0.39, 0.29) is 83.4 Å². The van der Waals surface area contributed by atoms with E-state index in [1.54, 1.807) is 38.5 Å². The summed E-state index contributed by atoms with van der Waals surface area (Å²) in [5, 5.41) is 27.2. The van der Waals surface area contributed by atoms with Gasteiger partial charge in [-0.05, 0) is 73.9 Å². The molecule has 2 aromatic carbocycles. The molecule has 2 atom stereocenters. The average molecular weight is 617 g/mol. The van der Waals surface area contributed by atoms with Crippen molar-refractivity contribution < 1.29 is 48.2 Å². The quantitative estimate of drug-likeness (QED) is 0.235. The first-order chi connectivity index (χ1) is 21.1. The maximum atomic E-state index is 14.1. The van der Waals surface area contributed by atoms with Crippen molar-refractivity contribution in [2.24, 2.45) is 11.8 Å². The van der Waals surface area contributed by atoms with Crippen LogP contribution in [0.15, 0.2) is 24.3 Å². The first kappa shape index (κ1) is 33.0. The maximum Gasteiger partial charge on any atom is 0.224 e. The van der Waals surface area contributed by atoms with E-state index in [0.29, 0.717) is 36.8 Å². The summed E-state index contributed by atoms with van der Waals surface area (Å²) in [5.41, 5.74) is 1.28. The van der Waals surface area contributed by atoms with Crippen molar-refractivity contribution in [3.8, 4) is 34.5 Å². The van der Waals surface area contributed by atoms with Crippen molar-refractivity contribution >= 4 is 11.8 Å². The van der Waals surface area contributed by atoms with E-state index in [2.05, 4.69) is 10.6 Å². The summed E-state index contributed by atoms with van der Waals surface area (Å²) in [6.07, 6.45) is 3.17. The van der Waals surface area contributed by atoms with E-state index in [4.69, 9.17) is 28.4 Å². The monoisotopic (exact) mass is 616 g/mol. The van der Waals surface area contributed by atoms with Gasteiger partial charge < -0.3 is 49.3 Å². The number of hydrogen-bond donors (Lipinski definition) is 4. The molecule has 0 unspecified atom stereocenters. The molecule has 0 bridgehead atoms. The van der Waals surface area contributed by atoms with E-state index in [9.17, 15) is 19.8 Å². The topological polar surface area (TPSA) is 154 Å². The Hall–Kier alpha value is -3.90. The molecular formula is C32H44N2O10. The number of nitrogens with one attached hydrogen (secondary N) is 2. The van der Waals surface area contributed by atoms with Crippen LogP contribution in [-0.2, 0) is 31.9 Å². The van der Waals surface area contributed by atoms with Crippen molar-refractivity contribution in [3.05, 3.63) is 35.4 Å². The molecule has 2 aliphatic rings. The third kappa shape index (κ3) is 7.41. The fraction of sp³-hybridized carbons (Fsp3) is 0.562. The van der Waals surface area contributed by atoms with Crippen LogP contribution in [0.2, 0.25) is 0 Å². The Kier molecular flexibility index (Phi) is 11.0. The molecule has 0 radical (unpaired) electrons. The van der Waals surface area contributed by atoms with Gasteiger partial charge in [0.15, 0.2) is 23.0 Å². The third-order valence-corrected chi connectivity index (χ3v) is 8.70. The molecule has 0 heterocycles. The molecule has 44 heavy (non-hydrogen) atoms. The third-order valence-electron chi connectivity index (χ3n) is 8.70. The minimum atomic E-state index is -0.834. The van der Waals surface area contributed by atoms with Crippen LogP contribution >= 0.6 is 0 Å². The van der Waals surface area contributed by atoms with Gasteiger partial charge in [-0.3, -0.25) is 9.59 Å². The number of benzene rings is 2. The molecule has 2 aliphatic carbocycles. The van der Waals surface area contributed by atoms with E-state index >= 15 is 0 Å². The van der Waals surface area contributed by atoms with Crippen molar-refractivity contribution in [3.63, 3.8) is 0 Å². The molecule has 242 valence electrons. The largest absolute Gasteiger partial charge is 0.502 e. The molecule has 2 aromatic rings. The molecule has 2 saturated carbocycles. The number of carbonyl (C=O) groups excluding carboxylic acids is 2. The van der Waals surface area contributed by atoms with Crippen LogP contribution < -0.4 is 29.6 Å². The van der Waals surface area contributed by atoms with Crippen LogP contribution in [0, 0.1) is 11.8 Å². The number of carbonyl (C=O) groups is 2. The van der Waals surface area contributed by atoms with E-state index in [1.807, 2.05) is 0 Å². The zero-order chi connectivity index (χ0) is 32.0. The lowest BCUT2D eigenvalue weighted by Gasteiger charge is -2.38. The van der Waals surface area contributed by atoms with Crippen molar-refractivity contribution in [1.82, 2.24) is 10.6 Å². The molecule has 4 rings (SSSR count). The SMILES string of the molecule is COc1cc(C[C@H](C(=O)NC2CC(OC)C2)[C@@H](Cc2cc(OC)c(O)c(OC)c2)C(=O)NC2CC(OC)C2)cc(OC)c1O. The highest BCUT2D eigenvalue weighted by molar-refractivity contribution is 5.88. The minimum absolute atomic E-state index is 0.0766. The van der Waals surface area contributed by atoms with Gasteiger partial charge in [0, 0.05) is 26.3 Å². The smallest absolute Gasteiger partial charge is 0.224 e. The van der Waals surface area contributed by atoms with Crippen LogP contribution in [0.1, 0.15) is 36.8 Å². The molecule has 0 saturated heterocycles. The van der Waals surface area contributed by atoms with E-state index in [0.717, 1.165) is 0 Å². The van der Waals surface area contributed by atoms with Gasteiger partial charge in [-0.25, -0.2) is 0 Å². The summed E-state index contributed by atoms with van der Waals surface area (Å²) in [7, 11) is 9.01. The first-order valence-electron chi connectivity index (χ1n) is 14.7. The maximum absolute atomic E-state index is 14.1. The van der Waals surface area contributed by atoms with Gasteiger partial charge in [-0.1, -0.05) is 0 Å². The highest BCUT2D eigenvalue weighted by Gasteiger charge is 2.40. The second-order valence-corrected chi connectivity index (χ2v) is 11.4. The van der Waals surface area contributed by atoms with Crippen LogP contribution in [0.25, 0.3) is 0 Å². The van der Waals surface area contributed by atoms with Crippen molar-refractivity contribution in [2.45, 2.75) is 62.8 Å². The zero-order valence-electron chi connectivity index (χ0n) is 26.2. The predicted octanol–water partition coefficient (Wildman–Crippen LogP) is 2.74. The van der Waals surface area contributed by atoms with Gasteiger partial charge in [0.1, 0.15) is 0 Å². The number of methoxy groups -OCH3 is 6. The van der Waals surface area contributed by atoms with Crippen LogP contribution in [-0.4, -0.2) is 89.0 Å². The Morgan fingerprint density at radius 2 is 0.932 bits per heavy atom. The highest BCUT2D eigenvalue weighted by atomic mass is 16.5. The summed E-state index contributed by atoms with van der Waals surface area (Å²) >= 11 is 0. The van der Waals surface area contributed by atoms with Gasteiger partial charge >= 0.3 is 0 Å². The molecule has 2 amide bonds. The van der Waals surface area contributed by atoms with Crippen molar-refractivity contribution in [2.75, 3.05) is 42.7 Å². The standard InChI is InChI=1S/C32H44N2O10/c1-39-21-13-19(14-21)33-31(37)23(7-17-9-25(41-3)29(35)26(10-17)42-4)24(32(38)34-20-15-22(16-20)40-2)8-18-11-27(43-5)30(36)28(12-18)44-6/h9-12,19-24,35-36H,7-8,13-16H2,1-6H3,(H,33,37)(H,34,38)/t19?,20?,21?,22?,23-,24+. The van der Waals surface area contributed by atoms with Gasteiger partial charge in [-0.15, -0.1) is 0 Å². The van der Waals surface area contributed by atoms with Gasteiger partial charge in [0.2, 0.25) is 23.3 Å². The molecular weight excluding hydrogens is 572 g/mol. The Morgan fingerprint density at radius 3 is 1.18 bits per heavy atom. The average Bonchev–Trinajstić information content (AvgIpc) is 2.98. The lowest BCUT2D eigenvalue weighted by molar-refractivity contribution is -0.137. The number of amides is 2. The van der Waals surface area contributed by atoms with Gasteiger partial charge in [0.05, 0.1) is 52.5 Å². The Labute approximate surface area is 257 Å². The number of rotatable bonds is 15. The molecule has 4 N–H and O–H groups in total. The Bertz CT molecular complexity index is 1160. The number of phenols is 2. The first-order valence-corrected chi connectivity index (χ1v) is 14.7. The normalized spacial score (nSPS) is 22.0. The van der Waals surface area contributed by atoms with E-state index < -0.39 is 11.8 Å². The molecule has 2 fully saturated rings. The fourth-order valence-electron chi connectivity index (χ4n) is 5.84. The summed E-state index contributed by atoms with van der Waals surface area (Å²) in [6.45, 7) is 0. The second-order valence-electron chi connectivity index (χ2n) is 11.4. The highest BCUT2D eigenvalue weighted by Crippen LogP contribution is 2.40. The lowest BCUT2D eigenvalue weighted by Crippen LogP contribution is -2.54. The predicted molar refractivity (Wildman–Crippen MR) is 161 cm³/mol. The fourth-order valence-corrected chi connectivity index (χ4v) is 5.84. The van der Waals surface area contributed by atoms with Crippen LogP contribution in [0.5, 0.6) is 34.5 Å². The number of hydrogen-bond acceptors (Lipinski definition) is 10. The summed E-state index contributed by atoms with van der Waals surface area (Å²) in [5.74, 6) is -1.79. The number of phenolic OH excluding ortho intramolecular Hbond substituents is 2. The number of aromatic hydroxyl groups is 2. The van der Waals surface area contributed by atoms with Gasteiger partial charge in [0.25, 0.3) is 0 Å². The molecule has 0 spiro atoms. The number of ether oxygens (including phenoxy) is 6. The van der Waals surface area contributed by atoms with Crippen molar-refractivity contribution in [1.29, 1.82) is 0 Å². The molecule has 0 aromatic heterocycles. The Morgan fingerprint density at radius 1 is 0.636 bits per heavy atom.